The van der Waals surface area contributed by atoms with Crippen LogP contribution in [0, 0.1) is 0 Å². The van der Waals surface area contributed by atoms with Crippen LogP contribution in [0.4, 0.5) is 0 Å². The van der Waals surface area contributed by atoms with Gasteiger partial charge in [-0.2, -0.15) is 4.31 Å². The Morgan fingerprint density at radius 2 is 1.66 bits per heavy atom. The normalized spacial score (nSPS) is 15.7. The maximum Gasteiger partial charge on any atom is 0.243 e. The van der Waals surface area contributed by atoms with Crippen LogP contribution in [0.2, 0.25) is 0 Å². The molecule has 0 radical (unpaired) electrons. The van der Waals surface area contributed by atoms with E-state index in [2.05, 4.69) is 5.32 Å². The van der Waals surface area contributed by atoms with Crippen molar-refractivity contribution in [2.75, 3.05) is 27.3 Å². The van der Waals surface area contributed by atoms with Gasteiger partial charge in [-0.25, -0.2) is 8.42 Å². The molecule has 1 saturated heterocycles. The maximum absolute atomic E-state index is 12.8. The van der Waals surface area contributed by atoms with Gasteiger partial charge in [0, 0.05) is 19.5 Å². The summed E-state index contributed by atoms with van der Waals surface area (Å²) < 4.78 is 37.6. The fraction of sp³-hybridized carbons (Fsp3) is 0.458. The van der Waals surface area contributed by atoms with Crippen molar-refractivity contribution in [2.24, 2.45) is 0 Å². The van der Waals surface area contributed by atoms with Crippen molar-refractivity contribution < 1.29 is 22.7 Å². The summed E-state index contributed by atoms with van der Waals surface area (Å²) in [5.41, 5.74) is 1.85. The van der Waals surface area contributed by atoms with Crippen molar-refractivity contribution in [1.82, 2.24) is 9.62 Å². The molecule has 0 aliphatic carbocycles. The van der Waals surface area contributed by atoms with E-state index in [-0.39, 0.29) is 11.9 Å². The third-order valence-corrected chi connectivity index (χ3v) is 7.71. The molecular formula is C24H32N2O5S. The van der Waals surface area contributed by atoms with E-state index < -0.39 is 10.0 Å². The van der Waals surface area contributed by atoms with Gasteiger partial charge in [0.1, 0.15) is 0 Å². The number of rotatable bonds is 9. The van der Waals surface area contributed by atoms with Crippen LogP contribution in [-0.4, -0.2) is 45.9 Å². The molecule has 0 bridgehead atoms. The summed E-state index contributed by atoms with van der Waals surface area (Å²) in [7, 11) is -0.274. The average molecular weight is 461 g/mol. The predicted molar refractivity (Wildman–Crippen MR) is 123 cm³/mol. The number of carbonyl (C=O) groups excluding carboxylic acids is 1. The van der Waals surface area contributed by atoms with E-state index in [0.717, 1.165) is 30.4 Å². The Morgan fingerprint density at radius 3 is 2.28 bits per heavy atom. The van der Waals surface area contributed by atoms with Crippen LogP contribution in [-0.2, 0) is 21.2 Å². The van der Waals surface area contributed by atoms with Crippen LogP contribution >= 0.6 is 0 Å². The number of carbonyl (C=O) groups is 1. The lowest BCUT2D eigenvalue weighted by molar-refractivity contribution is -0.121. The Hall–Kier alpha value is -2.58. The zero-order valence-corrected chi connectivity index (χ0v) is 19.8. The summed E-state index contributed by atoms with van der Waals surface area (Å²) in [5, 5.41) is 3.00. The third kappa shape index (κ3) is 5.81. The van der Waals surface area contributed by atoms with E-state index in [1.54, 1.807) is 42.8 Å². The van der Waals surface area contributed by atoms with Crippen molar-refractivity contribution in [1.29, 1.82) is 0 Å². The van der Waals surface area contributed by atoms with E-state index in [9.17, 15) is 13.2 Å². The first-order valence-corrected chi connectivity index (χ1v) is 12.4. The van der Waals surface area contributed by atoms with Crippen molar-refractivity contribution in [3.63, 3.8) is 0 Å². The zero-order valence-electron chi connectivity index (χ0n) is 19.0. The van der Waals surface area contributed by atoms with Crippen LogP contribution in [0.3, 0.4) is 0 Å². The lowest BCUT2D eigenvalue weighted by Gasteiger charge is -2.25. The van der Waals surface area contributed by atoms with Gasteiger partial charge in [0.05, 0.1) is 25.2 Å². The molecule has 32 heavy (non-hydrogen) atoms. The Morgan fingerprint density at radius 1 is 1.00 bits per heavy atom. The van der Waals surface area contributed by atoms with Crippen LogP contribution in [0.1, 0.15) is 49.8 Å². The van der Waals surface area contributed by atoms with Gasteiger partial charge >= 0.3 is 0 Å². The first kappa shape index (κ1) is 24.1. The standard InChI is InChI=1S/C24H32N2O5S/c1-18(20-10-13-22(30-2)23(17-20)31-3)25-24(27)14-9-19-7-11-21(12-8-19)32(28,29)26-15-5-4-6-16-26/h7-8,10-13,17-18H,4-6,9,14-16H2,1-3H3,(H,25,27). The first-order chi connectivity index (χ1) is 15.3. The molecule has 3 rings (SSSR count). The van der Waals surface area contributed by atoms with Gasteiger partial charge in [0.15, 0.2) is 11.5 Å². The van der Waals surface area contributed by atoms with Gasteiger partial charge in [0.25, 0.3) is 0 Å². The summed E-state index contributed by atoms with van der Waals surface area (Å²) >= 11 is 0. The lowest BCUT2D eigenvalue weighted by atomic mass is 10.1. The summed E-state index contributed by atoms with van der Waals surface area (Å²) in [6.45, 7) is 3.09. The highest BCUT2D eigenvalue weighted by Gasteiger charge is 2.25. The summed E-state index contributed by atoms with van der Waals surface area (Å²) in [6.07, 6.45) is 3.75. The largest absolute Gasteiger partial charge is 0.493 e. The van der Waals surface area contributed by atoms with Crippen molar-refractivity contribution >= 4 is 15.9 Å². The van der Waals surface area contributed by atoms with Crippen LogP contribution in [0.25, 0.3) is 0 Å². The van der Waals surface area contributed by atoms with E-state index in [4.69, 9.17) is 9.47 Å². The Kier molecular flexibility index (Phi) is 8.15. The Labute approximate surface area is 190 Å². The monoisotopic (exact) mass is 460 g/mol. The third-order valence-electron chi connectivity index (χ3n) is 5.80. The minimum absolute atomic E-state index is 0.0719. The molecule has 1 aliphatic rings. The van der Waals surface area contributed by atoms with E-state index in [1.807, 2.05) is 25.1 Å². The lowest BCUT2D eigenvalue weighted by Crippen LogP contribution is -2.35. The quantitative estimate of drug-likeness (QED) is 0.617. The Bertz CT molecular complexity index is 1020. The molecule has 1 fully saturated rings. The van der Waals surface area contributed by atoms with E-state index in [0.29, 0.717) is 42.3 Å². The molecule has 174 valence electrons. The number of sulfonamides is 1. The molecule has 1 heterocycles. The topological polar surface area (TPSA) is 84.9 Å². The number of aryl methyl sites for hydroxylation is 1. The number of nitrogens with one attached hydrogen (secondary N) is 1. The second-order valence-corrected chi connectivity index (χ2v) is 9.95. The van der Waals surface area contributed by atoms with E-state index in [1.165, 1.54) is 0 Å². The number of methoxy groups -OCH3 is 2. The van der Waals surface area contributed by atoms with Gasteiger partial charge in [-0.15, -0.1) is 0 Å². The van der Waals surface area contributed by atoms with Gasteiger partial charge < -0.3 is 14.8 Å². The van der Waals surface area contributed by atoms with Crippen molar-refractivity contribution in [3.8, 4) is 11.5 Å². The number of ether oxygens (including phenoxy) is 2. The molecule has 1 N–H and O–H groups in total. The van der Waals surface area contributed by atoms with Gasteiger partial charge in [0.2, 0.25) is 15.9 Å². The number of hydrogen-bond donors (Lipinski definition) is 1. The van der Waals surface area contributed by atoms with Crippen LogP contribution in [0.5, 0.6) is 11.5 Å². The number of nitrogens with zero attached hydrogens (tertiary/aromatic N) is 1. The van der Waals surface area contributed by atoms with Crippen LogP contribution in [0.15, 0.2) is 47.4 Å². The van der Waals surface area contributed by atoms with Gasteiger partial charge in [-0.3, -0.25) is 4.79 Å². The second-order valence-electron chi connectivity index (χ2n) is 8.01. The fourth-order valence-electron chi connectivity index (χ4n) is 3.86. The minimum Gasteiger partial charge on any atom is -0.493 e. The SMILES string of the molecule is COc1ccc(C(C)NC(=O)CCc2ccc(S(=O)(=O)N3CCCCC3)cc2)cc1OC. The van der Waals surface area contributed by atoms with Crippen molar-refractivity contribution in [2.45, 2.75) is 50.0 Å². The highest BCUT2D eigenvalue weighted by Crippen LogP contribution is 2.30. The van der Waals surface area contributed by atoms with Crippen LogP contribution < -0.4 is 14.8 Å². The highest BCUT2D eigenvalue weighted by molar-refractivity contribution is 7.89. The molecule has 1 aliphatic heterocycles. The molecule has 1 atom stereocenters. The maximum atomic E-state index is 12.8. The van der Waals surface area contributed by atoms with Crippen molar-refractivity contribution in [3.05, 3.63) is 53.6 Å². The zero-order chi connectivity index (χ0) is 23.1. The Balaban J connectivity index is 1.54. The second kappa shape index (κ2) is 10.8. The molecule has 2 aromatic rings. The molecule has 7 nitrogen and oxygen atoms in total. The smallest absolute Gasteiger partial charge is 0.243 e. The minimum atomic E-state index is -3.43. The first-order valence-electron chi connectivity index (χ1n) is 11.0. The molecule has 2 aromatic carbocycles. The number of benzene rings is 2. The number of piperidine rings is 1. The molecule has 1 amide bonds. The molecule has 0 saturated carbocycles. The molecule has 0 aromatic heterocycles. The molecule has 8 heteroatoms. The number of amides is 1. The highest BCUT2D eigenvalue weighted by atomic mass is 32.2. The predicted octanol–water partition coefficient (Wildman–Crippen LogP) is 3.69. The molecule has 0 spiro atoms. The summed E-state index contributed by atoms with van der Waals surface area (Å²) in [4.78, 5) is 12.8. The molecular weight excluding hydrogens is 428 g/mol. The summed E-state index contributed by atoms with van der Waals surface area (Å²) in [5.74, 6) is 1.18. The summed E-state index contributed by atoms with van der Waals surface area (Å²) in [6, 6.07) is 12.3. The van der Waals surface area contributed by atoms with E-state index >= 15 is 0 Å². The fourth-order valence-corrected chi connectivity index (χ4v) is 5.38. The molecule has 1 unspecified atom stereocenters. The van der Waals surface area contributed by atoms with Gasteiger partial charge in [-0.1, -0.05) is 24.6 Å². The average Bonchev–Trinajstić information content (AvgIpc) is 2.83. The number of hydrogen-bond acceptors (Lipinski definition) is 5. The van der Waals surface area contributed by atoms with Gasteiger partial charge in [-0.05, 0) is 61.6 Å².